The van der Waals surface area contributed by atoms with Crippen LogP contribution in [0.4, 0.5) is 4.79 Å². The molecule has 2 amide bonds. The number of hydrogen-bond donors (Lipinski definition) is 1. The second-order valence-corrected chi connectivity index (χ2v) is 7.03. The monoisotopic (exact) mass is 355 g/mol. The van der Waals surface area contributed by atoms with E-state index in [0.717, 1.165) is 29.0 Å². The Morgan fingerprint density at radius 1 is 1.31 bits per heavy atom. The minimum atomic E-state index is -0.486. The van der Waals surface area contributed by atoms with Crippen molar-refractivity contribution in [1.82, 2.24) is 15.2 Å². The quantitative estimate of drug-likeness (QED) is 0.916. The minimum absolute atomic E-state index is 0.0839. The van der Waals surface area contributed by atoms with Gasteiger partial charge in [-0.25, -0.2) is 4.79 Å². The molecular formula is C20H25N3O3. The van der Waals surface area contributed by atoms with Gasteiger partial charge in [0, 0.05) is 30.6 Å². The van der Waals surface area contributed by atoms with E-state index in [4.69, 9.17) is 9.47 Å². The van der Waals surface area contributed by atoms with Crippen molar-refractivity contribution in [2.24, 2.45) is 0 Å². The number of amides is 2. The topological polar surface area (TPSA) is 63.7 Å². The molecule has 1 aromatic heterocycles. The van der Waals surface area contributed by atoms with Gasteiger partial charge in [0.25, 0.3) is 0 Å². The average Bonchev–Trinajstić information content (AvgIpc) is 2.76. The molecule has 0 bridgehead atoms. The van der Waals surface area contributed by atoms with E-state index in [1.54, 1.807) is 24.4 Å². The van der Waals surface area contributed by atoms with Crippen LogP contribution in [-0.4, -0.2) is 41.7 Å². The van der Waals surface area contributed by atoms with Gasteiger partial charge in [0.05, 0.1) is 20.2 Å². The highest BCUT2D eigenvalue weighted by atomic mass is 16.5. The lowest BCUT2D eigenvalue weighted by atomic mass is 10.1. The van der Waals surface area contributed by atoms with Gasteiger partial charge in [-0.2, -0.15) is 0 Å². The molecule has 0 fully saturated rings. The van der Waals surface area contributed by atoms with Gasteiger partial charge in [-0.15, -0.1) is 0 Å². The molecule has 0 saturated carbocycles. The third-order valence-corrected chi connectivity index (χ3v) is 4.32. The number of rotatable bonds is 4. The normalized spacial score (nSPS) is 15.4. The van der Waals surface area contributed by atoms with Crippen LogP contribution in [0.25, 0.3) is 0 Å². The summed E-state index contributed by atoms with van der Waals surface area (Å²) in [6.07, 6.45) is 4.30. The second kappa shape index (κ2) is 7.64. The molecule has 6 nitrogen and oxygen atoms in total. The molecule has 0 aliphatic carbocycles. The van der Waals surface area contributed by atoms with E-state index >= 15 is 0 Å². The molecule has 1 aromatic carbocycles. The third-order valence-electron chi connectivity index (χ3n) is 4.32. The number of methoxy groups -OCH3 is 1. The predicted octanol–water partition coefficient (Wildman–Crippen LogP) is 3.02. The molecule has 6 heteroatoms. The van der Waals surface area contributed by atoms with Crippen molar-refractivity contribution in [3.8, 4) is 11.5 Å². The number of nitrogens with one attached hydrogen (secondary N) is 1. The lowest BCUT2D eigenvalue weighted by Crippen LogP contribution is -2.47. The first-order valence-corrected chi connectivity index (χ1v) is 8.74. The lowest BCUT2D eigenvalue weighted by Gasteiger charge is -2.29. The average molecular weight is 355 g/mol. The van der Waals surface area contributed by atoms with E-state index in [2.05, 4.69) is 10.3 Å². The predicted molar refractivity (Wildman–Crippen MR) is 99.5 cm³/mol. The van der Waals surface area contributed by atoms with Gasteiger partial charge >= 0.3 is 6.03 Å². The maximum atomic E-state index is 12.7. The number of benzene rings is 1. The number of pyridine rings is 1. The van der Waals surface area contributed by atoms with Crippen LogP contribution < -0.4 is 14.8 Å². The Bertz CT molecular complexity index is 762. The van der Waals surface area contributed by atoms with Gasteiger partial charge in [0.1, 0.15) is 17.1 Å². The maximum absolute atomic E-state index is 12.7. The smallest absolute Gasteiger partial charge is 0.317 e. The highest BCUT2D eigenvalue weighted by Gasteiger charge is 2.31. The van der Waals surface area contributed by atoms with Gasteiger partial charge in [0.15, 0.2) is 0 Å². The Kier molecular flexibility index (Phi) is 5.30. The molecule has 0 saturated heterocycles. The van der Waals surface area contributed by atoms with Crippen molar-refractivity contribution in [1.29, 1.82) is 0 Å². The van der Waals surface area contributed by atoms with Gasteiger partial charge in [0.2, 0.25) is 0 Å². The van der Waals surface area contributed by atoms with E-state index in [1.165, 1.54) is 0 Å². The summed E-state index contributed by atoms with van der Waals surface area (Å²) in [6, 6.07) is 9.55. The highest BCUT2D eigenvalue weighted by Crippen LogP contribution is 2.32. The van der Waals surface area contributed by atoms with Crippen LogP contribution in [-0.2, 0) is 13.0 Å². The zero-order chi connectivity index (χ0) is 18.6. The SMILES string of the molecule is COc1ccc2c(c1)OC(C)(C)CN(C(=O)NCCc1ccncc1)C2. The van der Waals surface area contributed by atoms with Crippen LogP contribution >= 0.6 is 0 Å². The van der Waals surface area contributed by atoms with E-state index in [-0.39, 0.29) is 6.03 Å². The lowest BCUT2D eigenvalue weighted by molar-refractivity contribution is 0.0806. The van der Waals surface area contributed by atoms with Crippen molar-refractivity contribution in [2.75, 3.05) is 20.2 Å². The summed E-state index contributed by atoms with van der Waals surface area (Å²) in [5.41, 5.74) is 1.64. The number of fused-ring (bicyclic) bond motifs is 1. The van der Waals surface area contributed by atoms with Gasteiger partial charge in [-0.3, -0.25) is 4.98 Å². The summed E-state index contributed by atoms with van der Waals surface area (Å²) in [4.78, 5) is 18.5. The number of carbonyl (C=O) groups excluding carboxylic acids is 1. The van der Waals surface area contributed by atoms with Crippen molar-refractivity contribution >= 4 is 6.03 Å². The molecule has 0 unspecified atom stereocenters. The van der Waals surface area contributed by atoms with Crippen LogP contribution in [0.1, 0.15) is 25.0 Å². The Morgan fingerprint density at radius 2 is 2.08 bits per heavy atom. The van der Waals surface area contributed by atoms with Gasteiger partial charge in [-0.05, 0) is 50.1 Å². The first-order valence-electron chi connectivity index (χ1n) is 8.74. The summed E-state index contributed by atoms with van der Waals surface area (Å²) < 4.78 is 11.4. The first-order chi connectivity index (χ1) is 12.5. The van der Waals surface area contributed by atoms with Crippen molar-refractivity contribution in [2.45, 2.75) is 32.4 Å². The number of aromatic nitrogens is 1. The molecule has 2 aromatic rings. The number of hydrogen-bond acceptors (Lipinski definition) is 4. The van der Waals surface area contributed by atoms with E-state index < -0.39 is 5.60 Å². The number of ether oxygens (including phenoxy) is 2. The summed E-state index contributed by atoms with van der Waals surface area (Å²) in [6.45, 7) is 5.56. The van der Waals surface area contributed by atoms with Gasteiger partial charge < -0.3 is 19.7 Å². The molecule has 2 heterocycles. The Labute approximate surface area is 154 Å². The standard InChI is InChI=1S/C20H25N3O3/c1-20(2)14-23(13-16-4-5-17(25-3)12-18(16)26-20)19(24)22-11-8-15-6-9-21-10-7-15/h4-7,9-10,12H,8,11,13-14H2,1-3H3,(H,22,24). The van der Waals surface area contributed by atoms with E-state index in [0.29, 0.717) is 19.6 Å². The fourth-order valence-electron chi connectivity index (χ4n) is 3.06. The number of nitrogens with zero attached hydrogens (tertiary/aromatic N) is 2. The molecule has 0 atom stereocenters. The van der Waals surface area contributed by atoms with Crippen LogP contribution in [0, 0.1) is 0 Å². The molecule has 0 spiro atoms. The molecule has 1 aliphatic rings. The fourth-order valence-corrected chi connectivity index (χ4v) is 3.06. The second-order valence-electron chi connectivity index (χ2n) is 7.03. The summed E-state index contributed by atoms with van der Waals surface area (Å²) in [7, 11) is 1.63. The Morgan fingerprint density at radius 3 is 2.81 bits per heavy atom. The molecule has 0 radical (unpaired) electrons. The first kappa shape index (κ1) is 18.0. The number of urea groups is 1. The van der Waals surface area contributed by atoms with Crippen LogP contribution in [0.15, 0.2) is 42.7 Å². The fraction of sp³-hybridized carbons (Fsp3) is 0.400. The molecule has 3 rings (SSSR count). The Balaban J connectivity index is 1.67. The summed E-state index contributed by atoms with van der Waals surface area (Å²) in [5, 5.41) is 3.01. The van der Waals surface area contributed by atoms with Crippen molar-refractivity contribution < 1.29 is 14.3 Å². The summed E-state index contributed by atoms with van der Waals surface area (Å²) >= 11 is 0. The third kappa shape index (κ3) is 4.45. The van der Waals surface area contributed by atoms with Crippen molar-refractivity contribution in [3.05, 3.63) is 53.9 Å². The zero-order valence-corrected chi connectivity index (χ0v) is 15.5. The van der Waals surface area contributed by atoms with Crippen LogP contribution in [0.3, 0.4) is 0 Å². The zero-order valence-electron chi connectivity index (χ0n) is 15.5. The minimum Gasteiger partial charge on any atom is -0.497 e. The summed E-state index contributed by atoms with van der Waals surface area (Å²) in [5.74, 6) is 1.51. The van der Waals surface area contributed by atoms with E-state index in [9.17, 15) is 4.79 Å². The van der Waals surface area contributed by atoms with Gasteiger partial charge in [-0.1, -0.05) is 0 Å². The Hall–Kier alpha value is -2.76. The van der Waals surface area contributed by atoms with Crippen LogP contribution in [0.5, 0.6) is 11.5 Å². The molecular weight excluding hydrogens is 330 g/mol. The highest BCUT2D eigenvalue weighted by molar-refractivity contribution is 5.74. The van der Waals surface area contributed by atoms with Crippen molar-refractivity contribution in [3.63, 3.8) is 0 Å². The largest absolute Gasteiger partial charge is 0.497 e. The molecule has 26 heavy (non-hydrogen) atoms. The molecule has 138 valence electrons. The maximum Gasteiger partial charge on any atom is 0.317 e. The van der Waals surface area contributed by atoms with E-state index in [1.807, 2.05) is 44.2 Å². The van der Waals surface area contributed by atoms with Crippen LogP contribution in [0.2, 0.25) is 0 Å². The molecule has 1 N–H and O–H groups in total. The number of carbonyl (C=O) groups is 1. The molecule has 1 aliphatic heterocycles.